The second-order valence-corrected chi connectivity index (χ2v) is 21.2. The van der Waals surface area contributed by atoms with Gasteiger partial charge in [0.2, 0.25) is 0 Å². The van der Waals surface area contributed by atoms with Crippen molar-refractivity contribution in [2.45, 2.75) is 34.5 Å². The highest BCUT2D eigenvalue weighted by atomic mass is 35.5. The Labute approximate surface area is 420 Å². The Kier molecular flexibility index (Phi) is 8.62. The predicted molar refractivity (Wildman–Crippen MR) is 294 cm³/mol. The maximum Gasteiger partial charge on any atom is 0.143 e. The fourth-order valence-corrected chi connectivity index (χ4v) is 13.8. The van der Waals surface area contributed by atoms with Crippen LogP contribution in [0.5, 0.6) is 11.5 Å². The molecule has 3 aliphatic rings. The first-order valence-corrected chi connectivity index (χ1v) is 25.4. The van der Waals surface area contributed by atoms with Gasteiger partial charge in [-0.2, -0.15) is 0 Å². The van der Waals surface area contributed by atoms with Crippen LogP contribution in [0.3, 0.4) is 0 Å². The van der Waals surface area contributed by atoms with E-state index in [2.05, 4.69) is 237 Å². The second-order valence-electron chi connectivity index (χ2n) is 19.7. The van der Waals surface area contributed by atoms with Crippen LogP contribution in [0.4, 0.5) is 17.1 Å². The number of fused-ring (bicyclic) bond motifs is 17. The molecule has 0 radical (unpaired) electrons. The molecule has 0 saturated carbocycles. The highest BCUT2D eigenvalue weighted by molar-refractivity contribution is 7.99. The SMILES string of the molecule is CC1(C)c2cc(N(c3ccc4c(c3)-c3ccccc3C43c4ccccc4Sc4cc(Cl)ccc43)c3cc(-c4ccc5ccccc5c4)c4oc5ccccc5c4c3)ccc2Oc2c1ccc1ccccc21. The van der Waals surface area contributed by atoms with Gasteiger partial charge in [0.1, 0.15) is 22.7 Å². The van der Waals surface area contributed by atoms with Crippen LogP contribution in [0, 0.1) is 0 Å². The third-order valence-electron chi connectivity index (χ3n) is 15.6. The van der Waals surface area contributed by atoms with E-state index in [0.29, 0.717) is 0 Å². The van der Waals surface area contributed by atoms with Crippen molar-refractivity contribution in [3.8, 4) is 33.8 Å². The molecule has 0 saturated heterocycles. The Morgan fingerprint density at radius 1 is 0.437 bits per heavy atom. The van der Waals surface area contributed by atoms with Gasteiger partial charge < -0.3 is 14.1 Å². The molecule has 5 heteroatoms. The van der Waals surface area contributed by atoms with Crippen LogP contribution >= 0.6 is 23.4 Å². The minimum atomic E-state index is -0.542. The molecule has 336 valence electrons. The molecule has 1 spiro atoms. The van der Waals surface area contributed by atoms with E-state index in [1.807, 2.05) is 11.8 Å². The van der Waals surface area contributed by atoms with Crippen molar-refractivity contribution in [1.29, 1.82) is 0 Å². The first-order chi connectivity index (χ1) is 34.8. The fraction of sp³-hybridized carbons (Fsp3) is 0.0606. The molecule has 1 unspecified atom stereocenters. The van der Waals surface area contributed by atoms with E-state index in [1.165, 1.54) is 64.9 Å². The van der Waals surface area contributed by atoms with Crippen LogP contribution in [0.25, 0.3) is 65.7 Å². The Morgan fingerprint density at radius 2 is 1.10 bits per heavy atom. The van der Waals surface area contributed by atoms with E-state index in [0.717, 1.165) is 77.6 Å². The summed E-state index contributed by atoms with van der Waals surface area (Å²) in [6.45, 7) is 4.66. The van der Waals surface area contributed by atoms with Gasteiger partial charge in [-0.1, -0.05) is 183 Å². The number of anilines is 3. The lowest BCUT2D eigenvalue weighted by Gasteiger charge is -2.40. The van der Waals surface area contributed by atoms with Gasteiger partial charge in [-0.3, -0.25) is 0 Å². The number of benzene rings is 11. The number of para-hydroxylation sites is 1. The van der Waals surface area contributed by atoms with Gasteiger partial charge in [0.25, 0.3) is 0 Å². The van der Waals surface area contributed by atoms with E-state index < -0.39 is 5.41 Å². The molecule has 2 aliphatic heterocycles. The zero-order chi connectivity index (χ0) is 47.2. The number of nitrogens with zero attached hydrogens (tertiary/aromatic N) is 1. The van der Waals surface area contributed by atoms with E-state index >= 15 is 0 Å². The summed E-state index contributed by atoms with van der Waals surface area (Å²) in [5, 5.41) is 7.55. The lowest BCUT2D eigenvalue weighted by atomic mass is 9.67. The molecule has 0 fully saturated rings. The molecule has 1 aliphatic carbocycles. The molecule has 1 atom stereocenters. The summed E-state index contributed by atoms with van der Waals surface area (Å²) in [7, 11) is 0. The van der Waals surface area contributed by atoms with E-state index in [-0.39, 0.29) is 5.41 Å². The lowest BCUT2D eigenvalue weighted by molar-refractivity contribution is 0.423. The quantitative estimate of drug-likeness (QED) is 0.176. The second kappa shape index (κ2) is 15.0. The summed E-state index contributed by atoms with van der Waals surface area (Å²) in [4.78, 5) is 4.87. The van der Waals surface area contributed by atoms with Crippen molar-refractivity contribution in [1.82, 2.24) is 0 Å². The Hall–Kier alpha value is -8.02. The smallest absolute Gasteiger partial charge is 0.143 e. The van der Waals surface area contributed by atoms with Crippen LogP contribution in [-0.2, 0) is 10.8 Å². The molecular weight excluding hydrogens is 906 g/mol. The number of rotatable bonds is 4. The van der Waals surface area contributed by atoms with Crippen molar-refractivity contribution in [3.63, 3.8) is 0 Å². The third kappa shape index (κ3) is 5.81. The molecule has 3 nitrogen and oxygen atoms in total. The van der Waals surface area contributed by atoms with E-state index in [1.54, 1.807) is 0 Å². The molecule has 0 N–H and O–H groups in total. The number of hydrogen-bond donors (Lipinski definition) is 0. The maximum absolute atomic E-state index is 6.97. The van der Waals surface area contributed by atoms with E-state index in [4.69, 9.17) is 20.8 Å². The van der Waals surface area contributed by atoms with Crippen LogP contribution < -0.4 is 9.64 Å². The molecule has 71 heavy (non-hydrogen) atoms. The fourth-order valence-electron chi connectivity index (χ4n) is 12.3. The molecule has 3 heterocycles. The highest BCUT2D eigenvalue weighted by Crippen LogP contribution is 2.63. The van der Waals surface area contributed by atoms with Gasteiger partial charge in [-0.05, 0) is 128 Å². The van der Waals surface area contributed by atoms with Gasteiger partial charge in [0.15, 0.2) is 0 Å². The summed E-state index contributed by atoms with van der Waals surface area (Å²) in [6, 6.07) is 79.7. The summed E-state index contributed by atoms with van der Waals surface area (Å²) in [5.41, 5.74) is 15.8. The number of ether oxygens (including phenoxy) is 1. The maximum atomic E-state index is 6.97. The van der Waals surface area contributed by atoms with E-state index in [9.17, 15) is 0 Å². The Morgan fingerprint density at radius 3 is 2.00 bits per heavy atom. The van der Waals surface area contributed by atoms with Crippen LogP contribution in [0.15, 0.2) is 233 Å². The predicted octanol–water partition coefficient (Wildman–Crippen LogP) is 18.9. The van der Waals surface area contributed by atoms with Crippen molar-refractivity contribution < 1.29 is 9.15 Å². The molecule has 11 aromatic carbocycles. The largest absolute Gasteiger partial charge is 0.456 e. The standard InChI is InChI=1S/C66H42ClNO2S/c1-65(2)57-29-25-40-14-5-6-16-47(40)64(57)70-60-32-28-45(38-58(60)65)68(46-36-50(42-24-23-39-13-3-4-15-41(39)33-42)63-52(37-46)49-18-8-11-21-59(49)69-63)44-27-31-54-51(35-44)48-17-7-9-19-53(48)66(54)55-20-10-12-22-61(55)71-62-34-43(67)26-30-56(62)66/h3-38H,1-2H3. The Balaban J connectivity index is 0.999. The normalized spacial score (nSPS) is 15.8. The molecule has 0 amide bonds. The van der Waals surface area contributed by atoms with Crippen molar-refractivity contribution >= 4 is 83.9 Å². The summed E-state index contributed by atoms with van der Waals surface area (Å²) < 4.78 is 13.8. The Bertz CT molecular complexity index is 4260. The monoisotopic (exact) mass is 947 g/mol. The minimum absolute atomic E-state index is 0.373. The minimum Gasteiger partial charge on any atom is -0.456 e. The zero-order valence-electron chi connectivity index (χ0n) is 38.8. The highest BCUT2D eigenvalue weighted by Gasteiger charge is 2.50. The molecule has 1 aromatic heterocycles. The number of halogens is 1. The molecule has 0 bridgehead atoms. The van der Waals surface area contributed by atoms with Gasteiger partial charge in [-0.25, -0.2) is 0 Å². The van der Waals surface area contributed by atoms with Crippen LogP contribution in [0.2, 0.25) is 5.02 Å². The summed E-state index contributed by atoms with van der Waals surface area (Å²) in [6.07, 6.45) is 0. The van der Waals surface area contributed by atoms with Gasteiger partial charge >= 0.3 is 0 Å². The zero-order valence-corrected chi connectivity index (χ0v) is 40.4. The molecule has 12 aromatic rings. The average molecular weight is 949 g/mol. The third-order valence-corrected chi connectivity index (χ3v) is 17.0. The van der Waals surface area contributed by atoms with Crippen molar-refractivity contribution in [2.24, 2.45) is 0 Å². The molecule has 15 rings (SSSR count). The van der Waals surface area contributed by atoms with Crippen LogP contribution in [-0.4, -0.2) is 0 Å². The average Bonchev–Trinajstić information content (AvgIpc) is 3.92. The van der Waals surface area contributed by atoms with Gasteiger partial charge in [0.05, 0.1) is 5.41 Å². The first-order valence-electron chi connectivity index (χ1n) is 24.2. The topological polar surface area (TPSA) is 25.6 Å². The van der Waals surface area contributed by atoms with Crippen LogP contribution in [0.1, 0.15) is 47.2 Å². The number of furan rings is 1. The number of hydrogen-bond acceptors (Lipinski definition) is 4. The first kappa shape index (κ1) is 40.8. The van der Waals surface area contributed by atoms with Crippen molar-refractivity contribution in [3.05, 3.63) is 257 Å². The lowest BCUT2D eigenvalue weighted by Crippen LogP contribution is -2.32. The van der Waals surface area contributed by atoms with Gasteiger partial charge in [-0.15, -0.1) is 0 Å². The summed E-state index contributed by atoms with van der Waals surface area (Å²) >= 11 is 8.59. The summed E-state index contributed by atoms with van der Waals surface area (Å²) in [5.74, 6) is 1.80. The van der Waals surface area contributed by atoms with Crippen molar-refractivity contribution in [2.75, 3.05) is 4.90 Å². The van der Waals surface area contributed by atoms with Gasteiger partial charge in [0, 0.05) is 70.1 Å². The molecular formula is C66H42ClNO2S.